The second-order valence-electron chi connectivity index (χ2n) is 3.76. The van der Waals surface area contributed by atoms with E-state index in [1.54, 1.807) is 12.6 Å². The Labute approximate surface area is 107 Å². The Hall–Kier alpha value is -0.500. The highest BCUT2D eigenvalue weighted by Crippen LogP contribution is 2.08. The van der Waals surface area contributed by atoms with E-state index in [0.29, 0.717) is 13.0 Å². The van der Waals surface area contributed by atoms with Crippen LogP contribution >= 0.6 is 11.3 Å². The van der Waals surface area contributed by atoms with Crippen molar-refractivity contribution in [3.63, 3.8) is 0 Å². The van der Waals surface area contributed by atoms with Crippen molar-refractivity contribution in [2.75, 3.05) is 25.9 Å². The molecule has 7 heteroatoms. The zero-order valence-corrected chi connectivity index (χ0v) is 11.9. The summed E-state index contributed by atoms with van der Waals surface area (Å²) < 4.78 is 25.2. The van der Waals surface area contributed by atoms with Gasteiger partial charge in [0.2, 0.25) is 10.0 Å². The topological polar surface area (TPSA) is 62.3 Å². The molecule has 0 bridgehead atoms. The average Bonchev–Trinajstić information content (AvgIpc) is 2.77. The largest absolute Gasteiger partial charge is 0.317 e. The third-order valence-corrected chi connectivity index (χ3v) is 4.87. The highest BCUT2D eigenvalue weighted by molar-refractivity contribution is 7.89. The Morgan fingerprint density at radius 3 is 2.88 bits per heavy atom. The first kappa shape index (κ1) is 14.6. The van der Waals surface area contributed by atoms with Gasteiger partial charge in [-0.3, -0.25) is 0 Å². The monoisotopic (exact) mass is 277 g/mol. The molecule has 17 heavy (non-hydrogen) atoms. The van der Waals surface area contributed by atoms with Crippen molar-refractivity contribution in [3.8, 4) is 0 Å². The summed E-state index contributed by atoms with van der Waals surface area (Å²) in [5.74, 6) is 0.181. The third-order valence-electron chi connectivity index (χ3n) is 2.35. The average molecular weight is 277 g/mol. The lowest BCUT2D eigenvalue weighted by Crippen LogP contribution is -2.30. The Morgan fingerprint density at radius 1 is 1.53 bits per heavy atom. The van der Waals surface area contributed by atoms with Gasteiger partial charge < -0.3 is 5.32 Å². The Balaban J connectivity index is 2.41. The molecule has 0 unspecified atom stereocenters. The van der Waals surface area contributed by atoms with Crippen LogP contribution in [0.2, 0.25) is 0 Å². The zero-order valence-electron chi connectivity index (χ0n) is 10.2. The van der Waals surface area contributed by atoms with Crippen LogP contribution in [0.5, 0.6) is 0 Å². The second-order valence-corrected chi connectivity index (χ2v) is 6.67. The fourth-order valence-corrected chi connectivity index (χ4v) is 3.05. The maximum absolute atomic E-state index is 11.9. The van der Waals surface area contributed by atoms with Gasteiger partial charge in [-0.1, -0.05) is 6.92 Å². The van der Waals surface area contributed by atoms with Crippen LogP contribution in [0.4, 0.5) is 0 Å². The summed E-state index contributed by atoms with van der Waals surface area (Å²) in [5, 5.41) is 4.98. The minimum Gasteiger partial charge on any atom is -0.317 e. The molecule has 1 aromatic heterocycles. The Bertz CT molecular complexity index is 403. The SMILES string of the molecule is CCNCCCS(=O)(=O)N(C)Cc1cscn1. The number of sulfonamides is 1. The number of aromatic nitrogens is 1. The summed E-state index contributed by atoms with van der Waals surface area (Å²) in [6.45, 7) is 3.96. The maximum Gasteiger partial charge on any atom is 0.214 e. The summed E-state index contributed by atoms with van der Waals surface area (Å²) in [6.07, 6.45) is 0.636. The standard InChI is InChI=1S/C10H19N3O2S2/c1-3-11-5-4-6-17(14,15)13(2)7-10-8-16-9-12-10/h8-9,11H,3-7H2,1-2H3. The van der Waals surface area contributed by atoms with E-state index in [1.807, 2.05) is 12.3 Å². The molecule has 1 N–H and O–H groups in total. The fourth-order valence-electron chi connectivity index (χ4n) is 1.35. The van der Waals surface area contributed by atoms with Crippen molar-refractivity contribution in [2.45, 2.75) is 19.9 Å². The molecular formula is C10H19N3O2S2. The lowest BCUT2D eigenvalue weighted by molar-refractivity contribution is 0.461. The van der Waals surface area contributed by atoms with Gasteiger partial charge in [0.15, 0.2) is 0 Å². The predicted octanol–water partition coefficient (Wildman–Crippen LogP) is 0.904. The van der Waals surface area contributed by atoms with E-state index in [9.17, 15) is 8.42 Å². The van der Waals surface area contributed by atoms with Crippen molar-refractivity contribution < 1.29 is 8.42 Å². The molecule has 0 aliphatic rings. The molecular weight excluding hydrogens is 258 g/mol. The van der Waals surface area contributed by atoms with Crippen molar-refractivity contribution in [1.82, 2.24) is 14.6 Å². The summed E-state index contributed by atoms with van der Waals surface area (Å²) in [6, 6.07) is 0. The summed E-state index contributed by atoms with van der Waals surface area (Å²) in [5.41, 5.74) is 2.51. The molecule has 5 nitrogen and oxygen atoms in total. The van der Waals surface area contributed by atoms with E-state index in [-0.39, 0.29) is 5.75 Å². The van der Waals surface area contributed by atoms with E-state index < -0.39 is 10.0 Å². The van der Waals surface area contributed by atoms with E-state index in [2.05, 4.69) is 10.3 Å². The summed E-state index contributed by atoms with van der Waals surface area (Å²) >= 11 is 1.47. The Kier molecular flexibility index (Phi) is 6.04. The van der Waals surface area contributed by atoms with Gasteiger partial charge in [-0.25, -0.2) is 13.4 Å². The number of thiazole rings is 1. The molecule has 0 aliphatic heterocycles. The maximum atomic E-state index is 11.9. The molecule has 0 aliphatic carbocycles. The molecule has 1 aromatic rings. The normalized spacial score (nSPS) is 12.2. The molecule has 0 spiro atoms. The van der Waals surface area contributed by atoms with Crippen LogP contribution in [-0.4, -0.2) is 43.6 Å². The first-order valence-corrected chi connectivity index (χ1v) is 8.13. The number of hydrogen-bond acceptors (Lipinski definition) is 5. The molecule has 0 saturated carbocycles. The zero-order chi connectivity index (χ0) is 12.7. The first-order chi connectivity index (χ1) is 8.06. The number of rotatable bonds is 8. The van der Waals surface area contributed by atoms with Crippen LogP contribution in [0.25, 0.3) is 0 Å². The van der Waals surface area contributed by atoms with Gasteiger partial charge >= 0.3 is 0 Å². The second kappa shape index (κ2) is 7.05. The van der Waals surface area contributed by atoms with E-state index >= 15 is 0 Å². The molecule has 98 valence electrons. The van der Waals surface area contributed by atoms with E-state index in [4.69, 9.17) is 0 Å². The molecule has 0 fully saturated rings. The smallest absolute Gasteiger partial charge is 0.214 e. The van der Waals surface area contributed by atoms with Gasteiger partial charge in [0.1, 0.15) is 0 Å². The van der Waals surface area contributed by atoms with Gasteiger partial charge in [0.25, 0.3) is 0 Å². The van der Waals surface area contributed by atoms with Crippen molar-refractivity contribution in [3.05, 3.63) is 16.6 Å². The lowest BCUT2D eigenvalue weighted by atomic mass is 10.5. The number of nitrogens with zero attached hydrogens (tertiary/aromatic N) is 2. The quantitative estimate of drug-likeness (QED) is 0.717. The van der Waals surface area contributed by atoms with E-state index in [1.165, 1.54) is 15.6 Å². The van der Waals surface area contributed by atoms with Crippen molar-refractivity contribution in [1.29, 1.82) is 0 Å². The van der Waals surface area contributed by atoms with Crippen LogP contribution < -0.4 is 5.32 Å². The molecule has 0 radical (unpaired) electrons. The molecule has 1 rings (SSSR count). The van der Waals surface area contributed by atoms with Gasteiger partial charge in [-0.15, -0.1) is 11.3 Å². The molecule has 0 atom stereocenters. The predicted molar refractivity (Wildman–Crippen MR) is 70.5 cm³/mol. The highest BCUT2D eigenvalue weighted by atomic mass is 32.2. The van der Waals surface area contributed by atoms with Crippen LogP contribution in [0.3, 0.4) is 0 Å². The Morgan fingerprint density at radius 2 is 2.29 bits per heavy atom. The van der Waals surface area contributed by atoms with Crippen LogP contribution in [0.15, 0.2) is 10.9 Å². The molecule has 1 heterocycles. The summed E-state index contributed by atoms with van der Waals surface area (Å²) in [4.78, 5) is 4.08. The van der Waals surface area contributed by atoms with E-state index in [0.717, 1.165) is 18.8 Å². The number of hydrogen-bond donors (Lipinski definition) is 1. The van der Waals surface area contributed by atoms with Gasteiger partial charge in [0, 0.05) is 12.4 Å². The molecule has 0 amide bonds. The van der Waals surface area contributed by atoms with Gasteiger partial charge in [0.05, 0.1) is 23.5 Å². The van der Waals surface area contributed by atoms with Crippen LogP contribution in [-0.2, 0) is 16.6 Å². The highest BCUT2D eigenvalue weighted by Gasteiger charge is 2.17. The fraction of sp³-hybridized carbons (Fsp3) is 0.700. The van der Waals surface area contributed by atoms with Crippen molar-refractivity contribution in [2.24, 2.45) is 0 Å². The lowest BCUT2D eigenvalue weighted by Gasteiger charge is -2.15. The first-order valence-electron chi connectivity index (χ1n) is 5.58. The number of nitrogens with one attached hydrogen (secondary N) is 1. The molecule has 0 saturated heterocycles. The van der Waals surface area contributed by atoms with Crippen molar-refractivity contribution >= 4 is 21.4 Å². The van der Waals surface area contributed by atoms with Crippen LogP contribution in [0.1, 0.15) is 19.0 Å². The minimum absolute atomic E-state index is 0.181. The summed E-state index contributed by atoms with van der Waals surface area (Å²) in [7, 11) is -1.56. The third kappa shape index (κ3) is 5.12. The molecule has 0 aromatic carbocycles. The van der Waals surface area contributed by atoms with Crippen LogP contribution in [0, 0.1) is 0 Å². The van der Waals surface area contributed by atoms with Gasteiger partial charge in [-0.2, -0.15) is 4.31 Å². The minimum atomic E-state index is -3.16. The van der Waals surface area contributed by atoms with Gasteiger partial charge in [-0.05, 0) is 19.5 Å².